The molecule has 0 aliphatic heterocycles. The second-order valence-corrected chi connectivity index (χ2v) is 7.08. The molecule has 4 aromatic carbocycles. The smallest absolute Gasteiger partial charge is 0.0713 e. The molecular formula is C28H28. The highest BCUT2D eigenvalue weighted by Crippen LogP contribution is 2.55. The summed E-state index contributed by atoms with van der Waals surface area (Å²) in [7, 11) is 0. The Morgan fingerprint density at radius 1 is 0.500 bits per heavy atom. The Kier molecular flexibility index (Phi) is 5.25. The van der Waals surface area contributed by atoms with Crippen molar-refractivity contribution >= 4 is 0 Å². The minimum absolute atomic E-state index is 0. The Bertz CT molecular complexity index is 1040. The van der Waals surface area contributed by atoms with E-state index >= 15 is 0 Å². The van der Waals surface area contributed by atoms with Gasteiger partial charge in [-0.25, -0.2) is 0 Å². The summed E-state index contributed by atoms with van der Waals surface area (Å²) in [5.41, 5.74) is 9.13. The van der Waals surface area contributed by atoms with Crippen LogP contribution in [0.25, 0.3) is 11.1 Å². The van der Waals surface area contributed by atoms with Crippen LogP contribution in [-0.4, -0.2) is 0 Å². The van der Waals surface area contributed by atoms with E-state index in [0.717, 1.165) is 0 Å². The number of rotatable bonds is 2. The third-order valence-corrected chi connectivity index (χ3v) is 5.61. The van der Waals surface area contributed by atoms with Crippen molar-refractivity contribution in [1.82, 2.24) is 0 Å². The molecule has 0 amide bonds. The lowest BCUT2D eigenvalue weighted by Gasteiger charge is -2.34. The number of fused-ring (bicyclic) bond motifs is 3. The van der Waals surface area contributed by atoms with Crippen molar-refractivity contribution in [2.75, 3.05) is 0 Å². The van der Waals surface area contributed by atoms with Crippen molar-refractivity contribution in [3.8, 4) is 11.1 Å². The second kappa shape index (κ2) is 7.48. The molecule has 0 saturated carbocycles. The maximum Gasteiger partial charge on any atom is 0.0713 e. The van der Waals surface area contributed by atoms with Crippen LogP contribution in [0, 0.1) is 6.92 Å². The quantitative estimate of drug-likeness (QED) is 0.302. The Morgan fingerprint density at radius 2 is 1.00 bits per heavy atom. The van der Waals surface area contributed by atoms with Crippen molar-refractivity contribution in [3.05, 3.63) is 131 Å². The van der Waals surface area contributed by atoms with Crippen LogP contribution in [0.3, 0.4) is 0 Å². The monoisotopic (exact) mass is 364 g/mol. The van der Waals surface area contributed by atoms with Gasteiger partial charge in [-0.2, -0.15) is 0 Å². The summed E-state index contributed by atoms with van der Waals surface area (Å²) in [6, 6.07) is 37.6. The van der Waals surface area contributed by atoms with E-state index in [9.17, 15) is 0 Å². The first kappa shape index (κ1) is 19.6. The highest BCUT2D eigenvalue weighted by molar-refractivity contribution is 5.86. The van der Waals surface area contributed by atoms with E-state index in [2.05, 4.69) is 110 Å². The fourth-order valence-corrected chi connectivity index (χ4v) is 4.56. The maximum atomic E-state index is 2.37. The Balaban J connectivity index is 0.00000112. The molecule has 0 N–H and O–H groups in total. The molecule has 1 aliphatic rings. The van der Waals surface area contributed by atoms with Gasteiger partial charge in [0.05, 0.1) is 5.41 Å². The Hall–Kier alpha value is -3.12. The van der Waals surface area contributed by atoms with Crippen molar-refractivity contribution in [2.24, 2.45) is 0 Å². The molecule has 0 heteroatoms. The van der Waals surface area contributed by atoms with E-state index in [-0.39, 0.29) is 20.3 Å². The van der Waals surface area contributed by atoms with E-state index in [4.69, 9.17) is 0 Å². The SMILES string of the molecule is C.C.Cc1ccc2c(c1)C(c1ccccc1)(c1ccccc1)c1ccccc1-2. The van der Waals surface area contributed by atoms with Gasteiger partial charge in [-0.15, -0.1) is 0 Å². The van der Waals surface area contributed by atoms with Gasteiger partial charge in [-0.05, 0) is 40.3 Å². The summed E-state index contributed by atoms with van der Waals surface area (Å²) in [4.78, 5) is 0. The Morgan fingerprint density at radius 3 is 1.61 bits per heavy atom. The van der Waals surface area contributed by atoms with Gasteiger partial charge in [-0.1, -0.05) is 124 Å². The minimum Gasteiger partial charge on any atom is -0.0776 e. The minimum atomic E-state index is -0.263. The number of benzene rings is 4. The molecule has 0 saturated heterocycles. The topological polar surface area (TPSA) is 0 Å². The van der Waals surface area contributed by atoms with Crippen molar-refractivity contribution in [1.29, 1.82) is 0 Å². The zero-order valence-electron chi connectivity index (χ0n) is 14.8. The van der Waals surface area contributed by atoms with Gasteiger partial charge in [0.25, 0.3) is 0 Å². The lowest BCUT2D eigenvalue weighted by atomic mass is 9.67. The molecule has 140 valence electrons. The lowest BCUT2D eigenvalue weighted by molar-refractivity contribution is 0.767. The van der Waals surface area contributed by atoms with E-state index in [1.54, 1.807) is 0 Å². The number of hydrogen-bond donors (Lipinski definition) is 0. The molecule has 1 aliphatic carbocycles. The summed E-state index contributed by atoms with van der Waals surface area (Å²) < 4.78 is 0. The van der Waals surface area contributed by atoms with Crippen LogP contribution >= 0.6 is 0 Å². The fourth-order valence-electron chi connectivity index (χ4n) is 4.56. The van der Waals surface area contributed by atoms with Crippen LogP contribution in [0.1, 0.15) is 42.7 Å². The van der Waals surface area contributed by atoms with Crippen LogP contribution < -0.4 is 0 Å². The molecule has 0 nitrogen and oxygen atoms in total. The maximum absolute atomic E-state index is 2.37. The van der Waals surface area contributed by atoms with Gasteiger partial charge in [0, 0.05) is 0 Å². The van der Waals surface area contributed by atoms with Crippen LogP contribution in [0.5, 0.6) is 0 Å². The summed E-state index contributed by atoms with van der Waals surface area (Å²) in [6.45, 7) is 2.18. The van der Waals surface area contributed by atoms with Gasteiger partial charge in [0.1, 0.15) is 0 Å². The molecule has 0 atom stereocenters. The third-order valence-electron chi connectivity index (χ3n) is 5.61. The molecule has 0 fully saturated rings. The zero-order chi connectivity index (χ0) is 17.6. The molecule has 0 unspecified atom stereocenters. The van der Waals surface area contributed by atoms with E-state index < -0.39 is 0 Å². The summed E-state index contributed by atoms with van der Waals surface area (Å²) in [5, 5.41) is 0. The Labute approximate surface area is 169 Å². The van der Waals surface area contributed by atoms with Crippen LogP contribution in [0.15, 0.2) is 103 Å². The highest BCUT2D eigenvalue weighted by Gasteiger charge is 2.45. The standard InChI is InChI=1S/C26H20.2CH4/c1-19-16-17-23-22-14-8-9-15-24(22)26(25(23)18-19,20-10-4-2-5-11-20)21-12-6-3-7-13-21;;/h2-18H,1H3;2*1H4. The largest absolute Gasteiger partial charge is 0.0776 e. The fraction of sp³-hybridized carbons (Fsp3) is 0.143. The molecule has 5 rings (SSSR count). The number of hydrogen-bond acceptors (Lipinski definition) is 0. The van der Waals surface area contributed by atoms with Gasteiger partial charge in [0.15, 0.2) is 0 Å². The normalized spacial score (nSPS) is 12.9. The molecule has 28 heavy (non-hydrogen) atoms. The van der Waals surface area contributed by atoms with Crippen molar-refractivity contribution < 1.29 is 0 Å². The summed E-state index contributed by atoms with van der Waals surface area (Å²) >= 11 is 0. The zero-order valence-corrected chi connectivity index (χ0v) is 14.8. The predicted octanol–water partition coefficient (Wildman–Crippen LogP) is 7.63. The molecule has 4 aromatic rings. The highest BCUT2D eigenvalue weighted by atomic mass is 14.5. The molecule has 0 spiro atoms. The van der Waals surface area contributed by atoms with Gasteiger partial charge < -0.3 is 0 Å². The second-order valence-electron chi connectivity index (χ2n) is 7.08. The van der Waals surface area contributed by atoms with Crippen molar-refractivity contribution in [3.63, 3.8) is 0 Å². The average Bonchev–Trinajstić information content (AvgIpc) is 3.00. The first-order chi connectivity index (χ1) is 12.8. The average molecular weight is 365 g/mol. The van der Waals surface area contributed by atoms with Gasteiger partial charge in [-0.3, -0.25) is 0 Å². The number of aryl methyl sites for hydroxylation is 1. The third kappa shape index (κ3) is 2.60. The van der Waals surface area contributed by atoms with Crippen LogP contribution in [0.4, 0.5) is 0 Å². The first-order valence-electron chi connectivity index (χ1n) is 9.14. The van der Waals surface area contributed by atoms with Gasteiger partial charge in [0.2, 0.25) is 0 Å². The van der Waals surface area contributed by atoms with E-state index in [0.29, 0.717) is 0 Å². The summed E-state index contributed by atoms with van der Waals surface area (Å²) in [6.07, 6.45) is 0. The van der Waals surface area contributed by atoms with E-state index in [1.165, 1.54) is 38.9 Å². The van der Waals surface area contributed by atoms with Crippen LogP contribution in [-0.2, 0) is 5.41 Å². The molecule has 0 heterocycles. The van der Waals surface area contributed by atoms with Crippen molar-refractivity contribution in [2.45, 2.75) is 27.2 Å². The summed E-state index contributed by atoms with van der Waals surface area (Å²) in [5.74, 6) is 0. The molecule has 0 aromatic heterocycles. The lowest BCUT2D eigenvalue weighted by Crippen LogP contribution is -2.28. The molecular weight excluding hydrogens is 336 g/mol. The molecule has 0 radical (unpaired) electrons. The first-order valence-corrected chi connectivity index (χ1v) is 9.14. The van der Waals surface area contributed by atoms with Gasteiger partial charge >= 0.3 is 0 Å². The molecule has 0 bridgehead atoms. The van der Waals surface area contributed by atoms with Crippen LogP contribution in [0.2, 0.25) is 0 Å². The van der Waals surface area contributed by atoms with E-state index in [1.807, 2.05) is 0 Å². The predicted molar refractivity (Wildman–Crippen MR) is 122 cm³/mol.